The van der Waals surface area contributed by atoms with Gasteiger partial charge in [0, 0.05) is 18.0 Å². The van der Waals surface area contributed by atoms with Crippen molar-refractivity contribution in [3.63, 3.8) is 0 Å². The lowest BCUT2D eigenvalue weighted by atomic mass is 10.3. The van der Waals surface area contributed by atoms with Crippen LogP contribution in [0.3, 0.4) is 0 Å². The summed E-state index contributed by atoms with van der Waals surface area (Å²) in [4.78, 5) is 11.4. The van der Waals surface area contributed by atoms with E-state index in [1.807, 2.05) is 0 Å². The predicted octanol–water partition coefficient (Wildman–Crippen LogP) is 1.16. The van der Waals surface area contributed by atoms with Crippen molar-refractivity contribution in [2.75, 3.05) is 18.2 Å². The van der Waals surface area contributed by atoms with Gasteiger partial charge in [0.25, 0.3) is 0 Å². The van der Waals surface area contributed by atoms with Crippen LogP contribution >= 0.6 is 11.6 Å². The summed E-state index contributed by atoms with van der Waals surface area (Å²) in [6.07, 6.45) is 0.185. The Morgan fingerprint density at radius 1 is 1.41 bits per heavy atom. The fourth-order valence-corrected chi connectivity index (χ4v) is 2.12. The zero-order chi connectivity index (χ0) is 12.9. The second kappa shape index (κ2) is 6.00. The Bertz CT molecular complexity index is 502. The van der Waals surface area contributed by atoms with Crippen LogP contribution in [-0.2, 0) is 14.8 Å². The minimum Gasteiger partial charge on any atom is -0.326 e. The first-order valence-corrected chi connectivity index (χ1v) is 6.91. The monoisotopic (exact) mass is 276 g/mol. The molecule has 1 aromatic carbocycles. The van der Waals surface area contributed by atoms with Crippen molar-refractivity contribution in [2.45, 2.75) is 11.3 Å². The van der Waals surface area contributed by atoms with Gasteiger partial charge >= 0.3 is 0 Å². The highest BCUT2D eigenvalue weighted by Crippen LogP contribution is 2.15. The van der Waals surface area contributed by atoms with Crippen LogP contribution in [0.5, 0.6) is 0 Å². The van der Waals surface area contributed by atoms with Crippen molar-refractivity contribution in [1.82, 2.24) is 4.72 Å². The Morgan fingerprint density at radius 3 is 2.71 bits per heavy atom. The molecule has 0 unspecified atom stereocenters. The number of sulfonamides is 1. The normalized spacial score (nSPS) is 11.2. The van der Waals surface area contributed by atoms with E-state index in [-0.39, 0.29) is 23.1 Å². The highest BCUT2D eigenvalue weighted by atomic mass is 35.5. The number of benzene rings is 1. The van der Waals surface area contributed by atoms with Gasteiger partial charge in [0.15, 0.2) is 0 Å². The van der Waals surface area contributed by atoms with Crippen LogP contribution in [-0.4, -0.2) is 27.3 Å². The smallest absolute Gasteiger partial charge is 0.240 e. The number of anilines is 1. The van der Waals surface area contributed by atoms with E-state index in [4.69, 9.17) is 11.6 Å². The number of hydrogen-bond donors (Lipinski definition) is 2. The van der Waals surface area contributed by atoms with Gasteiger partial charge in [-0.15, -0.1) is 11.6 Å². The van der Waals surface area contributed by atoms with E-state index in [2.05, 4.69) is 10.0 Å². The van der Waals surface area contributed by atoms with Crippen molar-refractivity contribution in [3.8, 4) is 0 Å². The third kappa shape index (κ3) is 3.99. The van der Waals surface area contributed by atoms with Gasteiger partial charge in [-0.3, -0.25) is 4.79 Å². The van der Waals surface area contributed by atoms with E-state index in [0.717, 1.165) is 0 Å². The molecular weight excluding hydrogens is 264 g/mol. The molecule has 0 heterocycles. The molecule has 0 saturated carbocycles. The summed E-state index contributed by atoms with van der Waals surface area (Å²) in [5, 5.41) is 2.56. The molecule has 0 atom stereocenters. The van der Waals surface area contributed by atoms with Crippen LogP contribution in [0.1, 0.15) is 6.42 Å². The molecule has 7 heteroatoms. The van der Waals surface area contributed by atoms with E-state index < -0.39 is 10.0 Å². The average molecular weight is 277 g/mol. The van der Waals surface area contributed by atoms with E-state index in [0.29, 0.717) is 5.69 Å². The third-order valence-corrected chi connectivity index (χ3v) is 3.62. The van der Waals surface area contributed by atoms with E-state index in [1.165, 1.54) is 19.2 Å². The van der Waals surface area contributed by atoms with E-state index >= 15 is 0 Å². The molecule has 0 fully saturated rings. The largest absolute Gasteiger partial charge is 0.326 e. The highest BCUT2D eigenvalue weighted by Gasteiger charge is 2.11. The summed E-state index contributed by atoms with van der Waals surface area (Å²) in [7, 11) is -2.17. The molecule has 0 saturated heterocycles. The van der Waals surface area contributed by atoms with Crippen LogP contribution in [0.2, 0.25) is 0 Å². The first-order chi connectivity index (χ1) is 7.99. The summed E-state index contributed by atoms with van der Waals surface area (Å²) in [5.41, 5.74) is 0.427. The fourth-order valence-electron chi connectivity index (χ4n) is 1.17. The summed E-state index contributed by atoms with van der Waals surface area (Å²) in [6.45, 7) is 0. The highest BCUT2D eigenvalue weighted by molar-refractivity contribution is 7.89. The van der Waals surface area contributed by atoms with Gasteiger partial charge in [-0.2, -0.15) is 0 Å². The van der Waals surface area contributed by atoms with Gasteiger partial charge < -0.3 is 5.32 Å². The topological polar surface area (TPSA) is 75.3 Å². The van der Waals surface area contributed by atoms with Crippen LogP contribution in [0.15, 0.2) is 29.2 Å². The Hall–Kier alpha value is -1.11. The SMILES string of the molecule is CNS(=O)(=O)c1cccc(NC(=O)CCCl)c1. The zero-order valence-electron chi connectivity index (χ0n) is 9.23. The number of carbonyl (C=O) groups is 1. The Labute approximate surface area is 105 Å². The molecular formula is C10H13ClN2O3S. The number of amides is 1. The van der Waals surface area contributed by atoms with Crippen LogP contribution in [0, 0.1) is 0 Å². The molecule has 0 aliphatic heterocycles. The molecule has 0 radical (unpaired) electrons. The third-order valence-electron chi connectivity index (χ3n) is 2.02. The van der Waals surface area contributed by atoms with Crippen molar-refractivity contribution in [1.29, 1.82) is 0 Å². The number of nitrogens with one attached hydrogen (secondary N) is 2. The van der Waals surface area contributed by atoms with Crippen LogP contribution in [0.25, 0.3) is 0 Å². The van der Waals surface area contributed by atoms with Gasteiger partial charge in [-0.05, 0) is 25.2 Å². The first-order valence-electron chi connectivity index (χ1n) is 4.89. The first kappa shape index (κ1) is 14.0. The maximum atomic E-state index is 11.5. The maximum Gasteiger partial charge on any atom is 0.240 e. The van der Waals surface area contributed by atoms with Gasteiger partial charge in [-0.25, -0.2) is 13.1 Å². The molecule has 2 N–H and O–H groups in total. The predicted molar refractivity (Wildman–Crippen MR) is 66.7 cm³/mol. The summed E-state index contributed by atoms with van der Waals surface area (Å²) >= 11 is 5.42. The van der Waals surface area contributed by atoms with Gasteiger partial charge in [0.1, 0.15) is 0 Å². The molecule has 1 rings (SSSR count). The lowest BCUT2D eigenvalue weighted by molar-refractivity contribution is -0.115. The molecule has 5 nitrogen and oxygen atoms in total. The fraction of sp³-hybridized carbons (Fsp3) is 0.300. The molecule has 0 spiro atoms. The standard InChI is InChI=1S/C10H13ClN2O3S/c1-12-17(15,16)9-4-2-3-8(7-9)13-10(14)5-6-11/h2-4,7,12H,5-6H2,1H3,(H,13,14). The summed E-state index contributed by atoms with van der Waals surface area (Å²) in [5.74, 6) is -0.0284. The molecule has 1 aromatic rings. The molecule has 0 aliphatic carbocycles. The zero-order valence-corrected chi connectivity index (χ0v) is 10.8. The van der Waals surface area contributed by atoms with Gasteiger partial charge in [-0.1, -0.05) is 6.07 Å². The molecule has 0 bridgehead atoms. The van der Waals surface area contributed by atoms with Crippen LogP contribution < -0.4 is 10.0 Å². The molecule has 17 heavy (non-hydrogen) atoms. The summed E-state index contributed by atoms with van der Waals surface area (Å²) < 4.78 is 25.2. The molecule has 0 aromatic heterocycles. The quantitative estimate of drug-likeness (QED) is 0.793. The maximum absolute atomic E-state index is 11.5. The molecule has 94 valence electrons. The number of halogens is 1. The average Bonchev–Trinajstić information content (AvgIpc) is 2.29. The van der Waals surface area contributed by atoms with Crippen LogP contribution in [0.4, 0.5) is 5.69 Å². The minimum atomic E-state index is -3.50. The number of hydrogen-bond acceptors (Lipinski definition) is 3. The lowest BCUT2D eigenvalue weighted by Crippen LogP contribution is -2.19. The Morgan fingerprint density at radius 2 is 2.12 bits per heavy atom. The number of carbonyl (C=O) groups excluding carboxylic acids is 1. The van der Waals surface area contributed by atoms with Crippen molar-refractivity contribution < 1.29 is 13.2 Å². The Kier molecular flexibility index (Phi) is 4.92. The van der Waals surface area contributed by atoms with Crippen molar-refractivity contribution >= 4 is 33.2 Å². The van der Waals surface area contributed by atoms with Gasteiger partial charge in [0.2, 0.25) is 15.9 Å². The van der Waals surface area contributed by atoms with Crippen molar-refractivity contribution in [3.05, 3.63) is 24.3 Å². The van der Waals surface area contributed by atoms with E-state index in [9.17, 15) is 13.2 Å². The molecule has 1 amide bonds. The Balaban J connectivity index is 2.91. The minimum absolute atomic E-state index is 0.101. The van der Waals surface area contributed by atoms with Gasteiger partial charge in [0.05, 0.1) is 4.90 Å². The second-order valence-electron chi connectivity index (χ2n) is 3.22. The van der Waals surface area contributed by atoms with Crippen molar-refractivity contribution in [2.24, 2.45) is 0 Å². The molecule has 0 aliphatic rings. The van der Waals surface area contributed by atoms with E-state index in [1.54, 1.807) is 12.1 Å². The second-order valence-corrected chi connectivity index (χ2v) is 5.49. The summed E-state index contributed by atoms with van der Waals surface area (Å²) in [6, 6.07) is 6.00. The lowest BCUT2D eigenvalue weighted by Gasteiger charge is -2.07. The number of rotatable bonds is 5. The number of alkyl halides is 1.